The third-order valence-electron chi connectivity index (χ3n) is 3.48. The number of hydrogen-bond acceptors (Lipinski definition) is 4. The van der Waals surface area contributed by atoms with Gasteiger partial charge in [0, 0.05) is 30.4 Å². The van der Waals surface area contributed by atoms with Crippen molar-refractivity contribution in [2.24, 2.45) is 0 Å². The lowest BCUT2D eigenvalue weighted by Gasteiger charge is -2.13. The highest BCUT2D eigenvalue weighted by atomic mass is 35.5. The smallest absolute Gasteiger partial charge is 0.0730 e. The molecule has 0 radical (unpaired) electrons. The highest BCUT2D eigenvalue weighted by Gasteiger charge is 2.07. The number of fused-ring (bicyclic) bond motifs is 2. The Morgan fingerprint density at radius 1 is 0.783 bits per heavy atom. The number of aliphatic hydroxyl groups excluding tert-OH is 1. The number of nitrogens with one attached hydrogen (secondary N) is 2. The molecule has 0 unspecified atom stereocenters. The first-order valence-electron chi connectivity index (χ1n) is 7.23. The Morgan fingerprint density at radius 2 is 1.35 bits per heavy atom. The highest BCUT2D eigenvalue weighted by Crippen LogP contribution is 2.30. The van der Waals surface area contributed by atoms with E-state index in [9.17, 15) is 0 Å². The number of para-hydroxylation sites is 2. The highest BCUT2D eigenvalue weighted by molar-refractivity contribution is 6.07. The van der Waals surface area contributed by atoms with Crippen molar-refractivity contribution in [3.63, 3.8) is 0 Å². The van der Waals surface area contributed by atoms with Gasteiger partial charge in [-0.1, -0.05) is 36.4 Å². The topological polar surface area (TPSA) is 57.2 Å². The van der Waals surface area contributed by atoms with Crippen LogP contribution in [0.3, 0.4) is 0 Å². The number of nitrogens with zero attached hydrogens (tertiary/aromatic N) is 1. The van der Waals surface area contributed by atoms with Crippen molar-refractivity contribution in [3.05, 3.63) is 48.5 Å². The summed E-state index contributed by atoms with van der Waals surface area (Å²) < 4.78 is 0. The normalized spacial score (nSPS) is 10.1. The summed E-state index contributed by atoms with van der Waals surface area (Å²) in [7, 11) is 0. The first kappa shape index (κ1) is 19.5. The number of hydrogen-bond donors (Lipinski definition) is 3. The van der Waals surface area contributed by atoms with E-state index in [2.05, 4.69) is 22.8 Å². The zero-order valence-corrected chi connectivity index (χ0v) is 14.3. The lowest BCUT2D eigenvalue weighted by Crippen LogP contribution is -2.25. The molecule has 2 aromatic carbocycles. The van der Waals surface area contributed by atoms with E-state index in [4.69, 9.17) is 10.1 Å². The van der Waals surface area contributed by atoms with Crippen LogP contribution in [0.2, 0.25) is 0 Å². The molecule has 3 aromatic rings. The largest absolute Gasteiger partial charge is 0.395 e. The van der Waals surface area contributed by atoms with Crippen LogP contribution in [-0.4, -0.2) is 36.3 Å². The van der Waals surface area contributed by atoms with Gasteiger partial charge in [0.05, 0.1) is 23.3 Å². The predicted molar refractivity (Wildman–Crippen MR) is 102 cm³/mol. The van der Waals surface area contributed by atoms with Gasteiger partial charge in [-0.05, 0) is 12.1 Å². The van der Waals surface area contributed by atoms with Gasteiger partial charge < -0.3 is 15.7 Å². The molecule has 6 heteroatoms. The summed E-state index contributed by atoms with van der Waals surface area (Å²) in [6, 6.07) is 16.4. The summed E-state index contributed by atoms with van der Waals surface area (Å²) in [5, 5.41) is 17.7. The fourth-order valence-electron chi connectivity index (χ4n) is 2.51. The minimum atomic E-state index is 0. The fourth-order valence-corrected chi connectivity index (χ4v) is 2.51. The Hall–Kier alpha value is -1.59. The molecule has 3 rings (SSSR count). The molecule has 0 aliphatic heterocycles. The van der Waals surface area contributed by atoms with Gasteiger partial charge in [-0.25, -0.2) is 4.98 Å². The molecule has 1 heterocycles. The zero-order valence-electron chi connectivity index (χ0n) is 12.7. The molecule has 0 aliphatic carbocycles. The van der Waals surface area contributed by atoms with Crippen LogP contribution in [0.1, 0.15) is 0 Å². The van der Waals surface area contributed by atoms with Crippen LogP contribution < -0.4 is 10.6 Å². The summed E-state index contributed by atoms with van der Waals surface area (Å²) >= 11 is 0. The van der Waals surface area contributed by atoms with Gasteiger partial charge in [-0.2, -0.15) is 0 Å². The molecule has 0 aliphatic rings. The van der Waals surface area contributed by atoms with E-state index in [1.807, 2.05) is 36.4 Å². The van der Waals surface area contributed by atoms with Gasteiger partial charge in [0.2, 0.25) is 0 Å². The number of pyridine rings is 1. The number of aliphatic hydroxyl groups is 1. The number of anilines is 1. The summed E-state index contributed by atoms with van der Waals surface area (Å²) in [4.78, 5) is 4.71. The molecule has 3 N–H and O–H groups in total. The third-order valence-corrected chi connectivity index (χ3v) is 3.48. The van der Waals surface area contributed by atoms with Gasteiger partial charge in [0.25, 0.3) is 0 Å². The van der Waals surface area contributed by atoms with Crippen molar-refractivity contribution >= 4 is 52.3 Å². The average Bonchev–Trinajstić information content (AvgIpc) is 2.53. The second kappa shape index (κ2) is 9.53. The van der Waals surface area contributed by atoms with Crippen LogP contribution in [0.25, 0.3) is 21.8 Å². The summed E-state index contributed by atoms with van der Waals surface area (Å²) in [6.45, 7) is 2.41. The first-order valence-corrected chi connectivity index (χ1v) is 7.23. The molecule has 124 valence electrons. The van der Waals surface area contributed by atoms with Crippen LogP contribution in [0, 0.1) is 0 Å². The summed E-state index contributed by atoms with van der Waals surface area (Å²) in [6.07, 6.45) is 0. The van der Waals surface area contributed by atoms with E-state index in [1.165, 1.54) is 0 Å². The van der Waals surface area contributed by atoms with Crippen LogP contribution in [0.5, 0.6) is 0 Å². The molecule has 4 nitrogen and oxygen atoms in total. The molecule has 0 saturated heterocycles. The van der Waals surface area contributed by atoms with Gasteiger partial charge in [0.1, 0.15) is 0 Å². The molecule has 23 heavy (non-hydrogen) atoms. The molecule has 0 atom stereocenters. The second-order valence-corrected chi connectivity index (χ2v) is 4.92. The minimum Gasteiger partial charge on any atom is -0.395 e. The molecule has 0 amide bonds. The standard InChI is InChI=1S/C17H19N3O.2ClH/c21-12-11-18-9-10-19-17-13-5-1-3-7-15(13)20-16-8-4-2-6-14(16)17;;/h1-8,18,21H,9-12H2,(H,19,20);2*1H. The Labute approximate surface area is 148 Å². The average molecular weight is 354 g/mol. The van der Waals surface area contributed by atoms with E-state index < -0.39 is 0 Å². The zero-order chi connectivity index (χ0) is 14.5. The quantitative estimate of drug-likeness (QED) is 0.470. The molecule has 0 bridgehead atoms. The van der Waals surface area contributed by atoms with Gasteiger partial charge in [0.15, 0.2) is 0 Å². The summed E-state index contributed by atoms with van der Waals surface area (Å²) in [5.41, 5.74) is 3.13. The lowest BCUT2D eigenvalue weighted by molar-refractivity contribution is 0.293. The molecule has 0 saturated carbocycles. The first-order chi connectivity index (χ1) is 10.4. The van der Waals surface area contributed by atoms with Crippen LogP contribution >= 0.6 is 24.8 Å². The van der Waals surface area contributed by atoms with Crippen molar-refractivity contribution in [2.45, 2.75) is 0 Å². The van der Waals surface area contributed by atoms with Gasteiger partial charge in [-0.15, -0.1) is 24.8 Å². The van der Waals surface area contributed by atoms with E-state index in [1.54, 1.807) is 0 Å². The van der Waals surface area contributed by atoms with Crippen molar-refractivity contribution in [1.82, 2.24) is 10.3 Å². The maximum atomic E-state index is 8.77. The van der Waals surface area contributed by atoms with Crippen LogP contribution in [0.15, 0.2) is 48.5 Å². The van der Waals surface area contributed by atoms with Crippen molar-refractivity contribution in [3.8, 4) is 0 Å². The van der Waals surface area contributed by atoms with Crippen LogP contribution in [0.4, 0.5) is 5.69 Å². The molecular weight excluding hydrogens is 333 g/mol. The number of rotatable bonds is 6. The fraction of sp³-hybridized carbons (Fsp3) is 0.235. The Kier molecular flexibility index (Phi) is 8.06. The van der Waals surface area contributed by atoms with E-state index >= 15 is 0 Å². The number of halogens is 2. The van der Waals surface area contributed by atoms with E-state index in [0.29, 0.717) is 6.54 Å². The number of benzene rings is 2. The van der Waals surface area contributed by atoms with E-state index in [0.717, 1.165) is 40.6 Å². The Morgan fingerprint density at radius 3 is 1.91 bits per heavy atom. The summed E-state index contributed by atoms with van der Waals surface area (Å²) in [5.74, 6) is 0. The van der Waals surface area contributed by atoms with Crippen molar-refractivity contribution in [2.75, 3.05) is 31.6 Å². The third kappa shape index (κ3) is 4.45. The maximum absolute atomic E-state index is 8.77. The lowest BCUT2D eigenvalue weighted by atomic mass is 10.1. The maximum Gasteiger partial charge on any atom is 0.0730 e. The monoisotopic (exact) mass is 353 g/mol. The molecule has 0 spiro atoms. The minimum absolute atomic E-state index is 0. The Balaban J connectivity index is 0.00000132. The van der Waals surface area contributed by atoms with Crippen LogP contribution in [-0.2, 0) is 0 Å². The predicted octanol–water partition coefficient (Wildman–Crippen LogP) is 3.23. The van der Waals surface area contributed by atoms with Gasteiger partial charge >= 0.3 is 0 Å². The van der Waals surface area contributed by atoms with Crippen molar-refractivity contribution in [1.29, 1.82) is 0 Å². The SMILES string of the molecule is Cl.Cl.OCCNCCNc1c2ccccc2nc2ccccc12. The van der Waals surface area contributed by atoms with Gasteiger partial charge in [-0.3, -0.25) is 0 Å². The molecular formula is C17H21Cl2N3O. The molecule has 1 aromatic heterocycles. The molecule has 0 fully saturated rings. The number of aromatic nitrogens is 1. The second-order valence-electron chi connectivity index (χ2n) is 4.92. The van der Waals surface area contributed by atoms with E-state index in [-0.39, 0.29) is 31.4 Å². The Bertz CT molecular complexity index is 698. The van der Waals surface area contributed by atoms with Crippen molar-refractivity contribution < 1.29 is 5.11 Å².